The normalized spacial score (nSPS) is 21.7. The minimum Gasteiger partial charge on any atom is -0.377 e. The zero-order valence-corrected chi connectivity index (χ0v) is 9.57. The minimum absolute atomic E-state index is 0.244. The molecule has 0 aliphatic carbocycles. The van der Waals surface area contributed by atoms with Gasteiger partial charge in [0, 0.05) is 18.6 Å². The predicted octanol–water partition coefficient (Wildman–Crippen LogP) is 1.83. The van der Waals surface area contributed by atoms with Crippen LogP contribution in [0.4, 0.5) is 5.82 Å². The molecule has 1 atom stereocenters. The van der Waals surface area contributed by atoms with Gasteiger partial charge in [-0.25, -0.2) is 4.98 Å². The highest BCUT2D eigenvalue weighted by molar-refractivity contribution is 6.18. The maximum atomic E-state index is 5.93. The highest BCUT2D eigenvalue weighted by Crippen LogP contribution is 2.21. The number of aryl methyl sites for hydroxylation is 1. The maximum Gasteiger partial charge on any atom is 0.131 e. The molecule has 0 aromatic carbocycles. The Morgan fingerprint density at radius 1 is 1.67 bits per heavy atom. The molecule has 2 rings (SSSR count). The summed E-state index contributed by atoms with van der Waals surface area (Å²) in [4.78, 5) is 6.65. The molecule has 1 saturated heterocycles. The van der Waals surface area contributed by atoms with Gasteiger partial charge in [-0.1, -0.05) is 6.07 Å². The summed E-state index contributed by atoms with van der Waals surface area (Å²) in [6.07, 6.45) is 1.82. The van der Waals surface area contributed by atoms with Gasteiger partial charge in [0.25, 0.3) is 0 Å². The first-order valence-electron chi connectivity index (χ1n) is 5.15. The van der Waals surface area contributed by atoms with E-state index in [0.29, 0.717) is 12.5 Å². The van der Waals surface area contributed by atoms with Crippen molar-refractivity contribution in [2.45, 2.75) is 13.0 Å². The fourth-order valence-electron chi connectivity index (χ4n) is 1.84. The largest absolute Gasteiger partial charge is 0.377 e. The molecule has 0 saturated carbocycles. The first kappa shape index (κ1) is 10.7. The van der Waals surface area contributed by atoms with E-state index in [9.17, 15) is 0 Å². The van der Waals surface area contributed by atoms with E-state index in [0.717, 1.165) is 19.0 Å². The summed E-state index contributed by atoms with van der Waals surface area (Å²) in [7, 11) is 0. The van der Waals surface area contributed by atoms with Gasteiger partial charge in [0.05, 0.1) is 19.3 Å². The number of alkyl halides is 1. The van der Waals surface area contributed by atoms with Crippen LogP contribution >= 0.6 is 11.6 Å². The average Bonchev–Trinajstić information content (AvgIpc) is 2.30. The van der Waals surface area contributed by atoms with Crippen molar-refractivity contribution in [3.63, 3.8) is 0 Å². The van der Waals surface area contributed by atoms with Crippen LogP contribution in [0.25, 0.3) is 0 Å². The predicted molar refractivity (Wildman–Crippen MR) is 61.6 cm³/mol. The van der Waals surface area contributed by atoms with Gasteiger partial charge in [0.1, 0.15) is 5.82 Å². The lowest BCUT2D eigenvalue weighted by Crippen LogP contribution is -2.47. The van der Waals surface area contributed by atoms with Crippen LogP contribution in [0.1, 0.15) is 5.56 Å². The summed E-state index contributed by atoms with van der Waals surface area (Å²) >= 11 is 5.93. The molecule has 2 heterocycles. The van der Waals surface area contributed by atoms with Crippen LogP contribution in [0.5, 0.6) is 0 Å². The fourth-order valence-corrected chi connectivity index (χ4v) is 2.10. The van der Waals surface area contributed by atoms with E-state index in [1.165, 1.54) is 5.56 Å². The van der Waals surface area contributed by atoms with E-state index in [4.69, 9.17) is 16.3 Å². The number of rotatable bonds is 2. The Morgan fingerprint density at radius 2 is 2.53 bits per heavy atom. The second kappa shape index (κ2) is 4.81. The summed E-state index contributed by atoms with van der Waals surface area (Å²) in [5.74, 6) is 1.61. The molecule has 1 aromatic rings. The van der Waals surface area contributed by atoms with Gasteiger partial charge < -0.3 is 9.64 Å². The number of nitrogens with zero attached hydrogens (tertiary/aromatic N) is 2. The third kappa shape index (κ3) is 2.24. The quantitative estimate of drug-likeness (QED) is 0.720. The zero-order chi connectivity index (χ0) is 10.7. The topological polar surface area (TPSA) is 25.4 Å². The Morgan fingerprint density at radius 3 is 3.27 bits per heavy atom. The first-order valence-corrected chi connectivity index (χ1v) is 5.68. The molecule has 3 nitrogen and oxygen atoms in total. The van der Waals surface area contributed by atoms with Crippen LogP contribution in [0.3, 0.4) is 0 Å². The van der Waals surface area contributed by atoms with E-state index >= 15 is 0 Å². The molecule has 0 bridgehead atoms. The Bertz CT molecular complexity index is 332. The summed E-state index contributed by atoms with van der Waals surface area (Å²) in [5, 5.41) is 0. The molecular weight excluding hydrogens is 212 g/mol. The van der Waals surface area contributed by atoms with E-state index in [-0.39, 0.29) is 6.04 Å². The molecule has 0 spiro atoms. The van der Waals surface area contributed by atoms with Gasteiger partial charge >= 0.3 is 0 Å². The molecule has 1 unspecified atom stereocenters. The Balaban J connectivity index is 2.24. The summed E-state index contributed by atoms with van der Waals surface area (Å²) < 4.78 is 5.41. The van der Waals surface area contributed by atoms with Crippen molar-refractivity contribution in [1.82, 2.24) is 4.98 Å². The molecule has 0 amide bonds. The van der Waals surface area contributed by atoms with Crippen LogP contribution in [-0.2, 0) is 4.74 Å². The number of morpholine rings is 1. The lowest BCUT2D eigenvalue weighted by molar-refractivity contribution is 0.0993. The second-order valence-corrected chi connectivity index (χ2v) is 4.03. The van der Waals surface area contributed by atoms with Crippen molar-refractivity contribution in [1.29, 1.82) is 0 Å². The highest BCUT2D eigenvalue weighted by Gasteiger charge is 2.24. The van der Waals surface area contributed by atoms with Crippen molar-refractivity contribution in [2.75, 3.05) is 30.5 Å². The molecule has 1 aliphatic heterocycles. The molecule has 0 N–H and O–H groups in total. The van der Waals surface area contributed by atoms with Crippen molar-refractivity contribution in [3.05, 3.63) is 23.9 Å². The Labute approximate surface area is 95.0 Å². The molecule has 82 valence electrons. The lowest BCUT2D eigenvalue weighted by Gasteiger charge is -2.36. The number of aromatic nitrogens is 1. The average molecular weight is 227 g/mol. The first-order chi connectivity index (χ1) is 7.33. The fraction of sp³-hybridized carbons (Fsp3) is 0.545. The molecule has 15 heavy (non-hydrogen) atoms. The monoisotopic (exact) mass is 226 g/mol. The summed E-state index contributed by atoms with van der Waals surface area (Å²) in [6, 6.07) is 4.27. The third-order valence-corrected chi connectivity index (χ3v) is 3.02. The van der Waals surface area contributed by atoms with Gasteiger partial charge in [-0.15, -0.1) is 11.6 Å². The third-order valence-electron chi connectivity index (χ3n) is 2.66. The molecule has 1 aromatic heterocycles. The second-order valence-electron chi connectivity index (χ2n) is 3.72. The van der Waals surface area contributed by atoms with Crippen LogP contribution in [0.15, 0.2) is 18.3 Å². The van der Waals surface area contributed by atoms with Crippen molar-refractivity contribution >= 4 is 17.4 Å². The van der Waals surface area contributed by atoms with E-state index < -0.39 is 0 Å². The Hall–Kier alpha value is -0.800. The van der Waals surface area contributed by atoms with Crippen LogP contribution in [-0.4, -0.2) is 36.7 Å². The van der Waals surface area contributed by atoms with E-state index in [1.807, 2.05) is 12.3 Å². The molecule has 0 radical (unpaired) electrons. The smallest absolute Gasteiger partial charge is 0.131 e. The standard InChI is InChI=1S/C11H15ClN2O/c1-9-3-2-4-13-11(9)14-5-6-15-8-10(14)7-12/h2-4,10H,5-8H2,1H3. The van der Waals surface area contributed by atoms with Gasteiger partial charge in [0.15, 0.2) is 0 Å². The van der Waals surface area contributed by atoms with Crippen molar-refractivity contribution < 1.29 is 4.74 Å². The van der Waals surface area contributed by atoms with Crippen molar-refractivity contribution in [2.24, 2.45) is 0 Å². The minimum atomic E-state index is 0.244. The van der Waals surface area contributed by atoms with Gasteiger partial charge in [-0.2, -0.15) is 0 Å². The van der Waals surface area contributed by atoms with Crippen LogP contribution in [0.2, 0.25) is 0 Å². The van der Waals surface area contributed by atoms with E-state index in [2.05, 4.69) is 22.9 Å². The van der Waals surface area contributed by atoms with Crippen LogP contribution in [0, 0.1) is 6.92 Å². The molecular formula is C11H15ClN2O. The summed E-state index contributed by atoms with van der Waals surface area (Å²) in [5.41, 5.74) is 1.19. The molecule has 4 heteroatoms. The molecule has 1 fully saturated rings. The highest BCUT2D eigenvalue weighted by atomic mass is 35.5. The van der Waals surface area contributed by atoms with Gasteiger partial charge in [-0.05, 0) is 18.6 Å². The van der Waals surface area contributed by atoms with E-state index in [1.54, 1.807) is 0 Å². The van der Waals surface area contributed by atoms with Crippen molar-refractivity contribution in [3.8, 4) is 0 Å². The Kier molecular flexibility index (Phi) is 3.44. The number of hydrogen-bond acceptors (Lipinski definition) is 3. The lowest BCUT2D eigenvalue weighted by atomic mass is 10.2. The number of pyridine rings is 1. The maximum absolute atomic E-state index is 5.93. The number of anilines is 1. The zero-order valence-electron chi connectivity index (χ0n) is 8.82. The summed E-state index contributed by atoms with van der Waals surface area (Å²) in [6.45, 7) is 4.39. The molecule has 1 aliphatic rings. The SMILES string of the molecule is Cc1cccnc1N1CCOCC1CCl. The number of ether oxygens (including phenoxy) is 1. The number of hydrogen-bond donors (Lipinski definition) is 0. The van der Waals surface area contributed by atoms with Crippen LogP contribution < -0.4 is 4.90 Å². The van der Waals surface area contributed by atoms with Gasteiger partial charge in [-0.3, -0.25) is 0 Å². The number of halogens is 1. The van der Waals surface area contributed by atoms with Gasteiger partial charge in [0.2, 0.25) is 0 Å².